The first-order valence-electron chi connectivity index (χ1n) is 3.54. The number of hydrogen-bond acceptors (Lipinski definition) is 4. The van der Waals surface area contributed by atoms with E-state index < -0.39 is 0 Å². The van der Waals surface area contributed by atoms with E-state index in [4.69, 9.17) is 14.7 Å². The van der Waals surface area contributed by atoms with Crippen molar-refractivity contribution in [3.05, 3.63) is 24.1 Å². The van der Waals surface area contributed by atoms with E-state index in [2.05, 4.69) is 5.16 Å². The maximum Gasteiger partial charge on any atom is 0.224 e. The van der Waals surface area contributed by atoms with Gasteiger partial charge >= 0.3 is 0 Å². The predicted octanol–water partition coefficient (Wildman–Crippen LogP) is 1.83. The molecule has 0 radical (unpaired) electrons. The summed E-state index contributed by atoms with van der Waals surface area (Å²) in [5, 5.41) is 3.55. The van der Waals surface area contributed by atoms with E-state index in [1.165, 1.54) is 6.20 Å². The van der Waals surface area contributed by atoms with Gasteiger partial charge in [-0.15, -0.1) is 0 Å². The lowest BCUT2D eigenvalue weighted by atomic mass is 10.3. The molecule has 0 aliphatic rings. The summed E-state index contributed by atoms with van der Waals surface area (Å²) in [4.78, 5) is 0. The zero-order valence-corrected chi connectivity index (χ0v) is 6.57. The third kappa shape index (κ3) is 0.972. The quantitative estimate of drug-likeness (QED) is 0.698. The van der Waals surface area contributed by atoms with Gasteiger partial charge in [0.2, 0.25) is 5.76 Å². The van der Waals surface area contributed by atoms with Crippen LogP contribution in [0.4, 0.5) is 5.69 Å². The summed E-state index contributed by atoms with van der Waals surface area (Å²) in [5.74, 6) is 1.92. The van der Waals surface area contributed by atoms with Gasteiger partial charge in [0.15, 0.2) is 5.76 Å². The normalized spacial score (nSPS) is 10.4. The van der Waals surface area contributed by atoms with Gasteiger partial charge in [-0.1, -0.05) is 5.16 Å². The average molecular weight is 164 g/mol. The Morgan fingerprint density at radius 1 is 1.42 bits per heavy atom. The molecule has 4 nitrogen and oxygen atoms in total. The molecule has 0 atom stereocenters. The van der Waals surface area contributed by atoms with Crippen LogP contribution in [0.15, 0.2) is 27.3 Å². The van der Waals surface area contributed by atoms with Gasteiger partial charge in [0.1, 0.15) is 11.4 Å². The van der Waals surface area contributed by atoms with Crippen molar-refractivity contribution >= 4 is 5.69 Å². The Balaban J connectivity index is 2.50. The van der Waals surface area contributed by atoms with Gasteiger partial charge in [0.05, 0.1) is 6.20 Å². The van der Waals surface area contributed by atoms with Gasteiger partial charge in [-0.05, 0) is 19.1 Å². The molecule has 0 aromatic carbocycles. The van der Waals surface area contributed by atoms with Crippen LogP contribution in [0.1, 0.15) is 5.76 Å². The number of aryl methyl sites for hydroxylation is 1. The van der Waals surface area contributed by atoms with Crippen molar-refractivity contribution < 1.29 is 8.94 Å². The van der Waals surface area contributed by atoms with Crippen LogP contribution in [0.3, 0.4) is 0 Å². The predicted molar refractivity (Wildman–Crippen MR) is 43.4 cm³/mol. The van der Waals surface area contributed by atoms with Gasteiger partial charge in [-0.3, -0.25) is 0 Å². The number of hydrogen-bond donors (Lipinski definition) is 1. The molecule has 12 heavy (non-hydrogen) atoms. The minimum atomic E-state index is 0.489. The van der Waals surface area contributed by atoms with Gasteiger partial charge in [-0.25, -0.2) is 0 Å². The zero-order valence-electron chi connectivity index (χ0n) is 6.57. The lowest BCUT2D eigenvalue weighted by molar-refractivity contribution is 0.415. The SMILES string of the molecule is Cc1ccc(-c2oncc2N)o1. The molecule has 0 amide bonds. The van der Waals surface area contributed by atoms with Crippen molar-refractivity contribution in [1.82, 2.24) is 5.16 Å². The van der Waals surface area contributed by atoms with Crippen LogP contribution in [0.5, 0.6) is 0 Å². The number of anilines is 1. The highest BCUT2D eigenvalue weighted by atomic mass is 16.5. The Morgan fingerprint density at radius 2 is 2.25 bits per heavy atom. The number of nitrogens with zero attached hydrogens (tertiary/aromatic N) is 1. The molecule has 2 aromatic heterocycles. The summed E-state index contributed by atoms with van der Waals surface area (Å²) >= 11 is 0. The molecule has 0 fully saturated rings. The Hall–Kier alpha value is -1.71. The summed E-state index contributed by atoms with van der Waals surface area (Å²) in [6.07, 6.45) is 1.45. The molecule has 2 rings (SSSR count). The summed E-state index contributed by atoms with van der Waals surface area (Å²) in [5.41, 5.74) is 6.06. The fourth-order valence-corrected chi connectivity index (χ4v) is 0.991. The van der Waals surface area contributed by atoms with Crippen LogP contribution in [-0.4, -0.2) is 5.16 Å². The Bertz CT molecular complexity index is 389. The van der Waals surface area contributed by atoms with Crippen molar-refractivity contribution in [3.63, 3.8) is 0 Å². The maximum atomic E-state index is 5.57. The molecule has 0 bridgehead atoms. The van der Waals surface area contributed by atoms with Crippen LogP contribution in [0.25, 0.3) is 11.5 Å². The van der Waals surface area contributed by atoms with E-state index in [0.29, 0.717) is 17.2 Å². The first-order valence-corrected chi connectivity index (χ1v) is 3.54. The van der Waals surface area contributed by atoms with E-state index in [0.717, 1.165) is 5.76 Å². The highest BCUT2D eigenvalue weighted by Gasteiger charge is 2.10. The molecule has 62 valence electrons. The van der Waals surface area contributed by atoms with E-state index in [1.807, 2.05) is 13.0 Å². The van der Waals surface area contributed by atoms with Crippen molar-refractivity contribution in [3.8, 4) is 11.5 Å². The molecule has 0 unspecified atom stereocenters. The molecule has 4 heteroatoms. The topological polar surface area (TPSA) is 65.2 Å². The number of nitrogens with two attached hydrogens (primary N) is 1. The molecular weight excluding hydrogens is 156 g/mol. The summed E-state index contributed by atoms with van der Waals surface area (Å²) in [6.45, 7) is 1.86. The molecule has 0 aliphatic heterocycles. The Morgan fingerprint density at radius 3 is 2.75 bits per heavy atom. The smallest absolute Gasteiger partial charge is 0.224 e. The lowest BCUT2D eigenvalue weighted by Crippen LogP contribution is -1.82. The van der Waals surface area contributed by atoms with Crippen molar-refractivity contribution in [2.45, 2.75) is 6.92 Å². The number of nitrogen functional groups attached to an aromatic ring is 1. The monoisotopic (exact) mass is 164 g/mol. The molecule has 2 heterocycles. The molecule has 2 aromatic rings. The third-order valence-corrected chi connectivity index (χ3v) is 1.56. The molecule has 2 N–H and O–H groups in total. The van der Waals surface area contributed by atoms with Gasteiger partial charge in [0, 0.05) is 0 Å². The summed E-state index contributed by atoms with van der Waals surface area (Å²) in [7, 11) is 0. The Kier molecular flexibility index (Phi) is 1.40. The summed E-state index contributed by atoms with van der Waals surface area (Å²) in [6, 6.07) is 3.64. The van der Waals surface area contributed by atoms with Gasteiger partial charge in [0.25, 0.3) is 0 Å². The second-order valence-corrected chi connectivity index (χ2v) is 2.52. The van der Waals surface area contributed by atoms with Crippen LogP contribution in [0, 0.1) is 6.92 Å². The maximum absolute atomic E-state index is 5.57. The van der Waals surface area contributed by atoms with E-state index in [-0.39, 0.29) is 0 Å². The van der Waals surface area contributed by atoms with Crippen molar-refractivity contribution in [2.75, 3.05) is 5.73 Å². The molecule has 0 spiro atoms. The van der Waals surface area contributed by atoms with Gasteiger partial charge in [-0.2, -0.15) is 0 Å². The largest absolute Gasteiger partial charge is 0.458 e. The molecule has 0 saturated heterocycles. The third-order valence-electron chi connectivity index (χ3n) is 1.56. The zero-order chi connectivity index (χ0) is 8.55. The molecular formula is C8H8N2O2. The molecule has 0 aliphatic carbocycles. The fourth-order valence-electron chi connectivity index (χ4n) is 0.991. The van der Waals surface area contributed by atoms with E-state index in [1.54, 1.807) is 6.07 Å². The first kappa shape index (κ1) is 6.97. The van der Waals surface area contributed by atoms with Crippen molar-refractivity contribution in [2.24, 2.45) is 0 Å². The van der Waals surface area contributed by atoms with Crippen LogP contribution >= 0.6 is 0 Å². The second kappa shape index (κ2) is 2.41. The standard InChI is InChI=1S/C8H8N2O2/c1-5-2-3-7(11-5)8-6(9)4-10-12-8/h2-4H,9H2,1H3. The van der Waals surface area contributed by atoms with Gasteiger partial charge < -0.3 is 14.7 Å². The number of rotatable bonds is 1. The van der Waals surface area contributed by atoms with E-state index >= 15 is 0 Å². The minimum absolute atomic E-state index is 0.489. The van der Waals surface area contributed by atoms with Crippen LogP contribution < -0.4 is 5.73 Å². The minimum Gasteiger partial charge on any atom is -0.458 e. The number of furan rings is 1. The summed E-state index contributed by atoms with van der Waals surface area (Å²) < 4.78 is 10.2. The second-order valence-electron chi connectivity index (χ2n) is 2.52. The van der Waals surface area contributed by atoms with Crippen LogP contribution in [-0.2, 0) is 0 Å². The Labute approximate surface area is 69.0 Å². The average Bonchev–Trinajstić information content (AvgIpc) is 2.58. The van der Waals surface area contributed by atoms with E-state index in [9.17, 15) is 0 Å². The number of aromatic nitrogens is 1. The van der Waals surface area contributed by atoms with Crippen LogP contribution in [0.2, 0.25) is 0 Å². The highest BCUT2D eigenvalue weighted by Crippen LogP contribution is 2.26. The highest BCUT2D eigenvalue weighted by molar-refractivity contribution is 5.65. The first-order chi connectivity index (χ1) is 5.77. The van der Waals surface area contributed by atoms with Crippen molar-refractivity contribution in [1.29, 1.82) is 0 Å². The fraction of sp³-hybridized carbons (Fsp3) is 0.125. The molecule has 0 saturated carbocycles. The lowest BCUT2D eigenvalue weighted by Gasteiger charge is -1.89.